The fraction of sp³-hybridized carbons (Fsp3) is 0.667. The Kier molecular flexibility index (Phi) is 6.87. The van der Waals surface area contributed by atoms with Gasteiger partial charge in [-0.25, -0.2) is 0 Å². The van der Waals surface area contributed by atoms with Gasteiger partial charge in [-0.1, -0.05) is 25.3 Å². The summed E-state index contributed by atoms with van der Waals surface area (Å²) in [6.07, 6.45) is 8.59. The number of rotatable bonds is 6. The zero-order valence-electron chi connectivity index (χ0n) is 21.0. The molecule has 3 heterocycles. The van der Waals surface area contributed by atoms with Crippen LogP contribution in [0.3, 0.4) is 0 Å². The number of carbonyl (C=O) groups is 3. The van der Waals surface area contributed by atoms with E-state index in [1.807, 2.05) is 24.8 Å². The van der Waals surface area contributed by atoms with Crippen molar-refractivity contribution < 1.29 is 23.9 Å². The number of likely N-dealkylation sites (tertiary alicyclic amines) is 1. The number of imide groups is 1. The molecule has 7 nitrogen and oxygen atoms in total. The van der Waals surface area contributed by atoms with Crippen molar-refractivity contribution in [2.45, 2.75) is 80.0 Å². The standard InChI is InChI=1S/C27H36N2O5S/c1-4-28-24(30)21-22(25(28)31)27(26(32)34-3)14-8-9-15-29(27)23(21)17-12-13-20(19(16-17)33-2)35-18-10-6-5-7-11-18/h12-13,16,18,21-23H,4-11,14-15H2,1-3H3/t21-,22-,23+,27-/m0/s1. The predicted molar refractivity (Wildman–Crippen MR) is 133 cm³/mol. The minimum atomic E-state index is -1.10. The van der Waals surface area contributed by atoms with Crippen molar-refractivity contribution in [1.82, 2.24) is 9.80 Å². The molecule has 0 radical (unpaired) electrons. The maximum Gasteiger partial charge on any atom is 0.327 e. The normalized spacial score (nSPS) is 31.4. The van der Waals surface area contributed by atoms with E-state index in [0.717, 1.165) is 29.1 Å². The number of carbonyl (C=O) groups excluding carboxylic acids is 3. The lowest BCUT2D eigenvalue weighted by Crippen LogP contribution is -2.59. The van der Waals surface area contributed by atoms with Gasteiger partial charge in [0.2, 0.25) is 11.8 Å². The first kappa shape index (κ1) is 24.6. The van der Waals surface area contributed by atoms with Crippen molar-refractivity contribution in [3.8, 4) is 5.75 Å². The SMILES string of the molecule is CCN1C(=O)[C@@H]2[C@@H](c3ccc(SC4CCCCC4)c(OC)c3)N3CCCC[C@@]3(C(=O)OC)[C@@H]2C1=O. The van der Waals surface area contributed by atoms with Gasteiger partial charge in [0.25, 0.3) is 0 Å². The van der Waals surface area contributed by atoms with Gasteiger partial charge in [0.15, 0.2) is 0 Å². The number of piperidine rings is 1. The Balaban J connectivity index is 1.57. The van der Waals surface area contributed by atoms with E-state index in [0.29, 0.717) is 24.8 Å². The first-order valence-corrected chi connectivity index (χ1v) is 13.9. The van der Waals surface area contributed by atoms with Gasteiger partial charge in [0.1, 0.15) is 11.3 Å². The molecule has 1 aromatic rings. The highest BCUT2D eigenvalue weighted by atomic mass is 32.2. The highest BCUT2D eigenvalue weighted by Gasteiger charge is 2.72. The smallest absolute Gasteiger partial charge is 0.327 e. The number of methoxy groups -OCH3 is 2. The molecule has 0 unspecified atom stereocenters. The Labute approximate surface area is 211 Å². The van der Waals surface area contributed by atoms with Crippen LogP contribution in [0.4, 0.5) is 0 Å². The molecule has 0 aromatic heterocycles. The highest BCUT2D eigenvalue weighted by Crippen LogP contribution is 2.58. The summed E-state index contributed by atoms with van der Waals surface area (Å²) in [5, 5.41) is 0.598. The zero-order chi connectivity index (χ0) is 24.7. The molecule has 3 aliphatic heterocycles. The number of benzene rings is 1. The molecule has 190 valence electrons. The predicted octanol–water partition coefficient (Wildman–Crippen LogP) is 4.19. The minimum absolute atomic E-state index is 0.176. The van der Waals surface area contributed by atoms with Gasteiger partial charge in [-0.3, -0.25) is 24.2 Å². The molecular weight excluding hydrogens is 464 g/mol. The lowest BCUT2D eigenvalue weighted by molar-refractivity contribution is -0.164. The van der Waals surface area contributed by atoms with Crippen LogP contribution in [-0.2, 0) is 19.1 Å². The number of thioether (sulfide) groups is 1. The molecule has 35 heavy (non-hydrogen) atoms. The van der Waals surface area contributed by atoms with Crippen LogP contribution < -0.4 is 4.74 Å². The number of hydrogen-bond donors (Lipinski definition) is 0. The average molecular weight is 501 g/mol. The summed E-state index contributed by atoms with van der Waals surface area (Å²) >= 11 is 1.88. The Hall–Kier alpha value is -2.06. The van der Waals surface area contributed by atoms with E-state index in [1.165, 1.54) is 44.1 Å². The molecule has 0 bridgehead atoms. The molecule has 0 N–H and O–H groups in total. The maximum atomic E-state index is 13.6. The second kappa shape index (κ2) is 9.77. The van der Waals surface area contributed by atoms with Crippen LogP contribution >= 0.6 is 11.8 Å². The summed E-state index contributed by atoms with van der Waals surface area (Å²) in [4.78, 5) is 45.0. The Morgan fingerprint density at radius 2 is 1.86 bits per heavy atom. The second-order valence-corrected chi connectivity index (χ2v) is 11.6. The number of hydrogen-bond acceptors (Lipinski definition) is 7. The van der Waals surface area contributed by atoms with Crippen molar-refractivity contribution >= 4 is 29.5 Å². The molecule has 0 spiro atoms. The van der Waals surface area contributed by atoms with E-state index in [2.05, 4.69) is 17.0 Å². The van der Waals surface area contributed by atoms with Gasteiger partial charge in [-0.05, 0) is 63.3 Å². The monoisotopic (exact) mass is 500 g/mol. The summed E-state index contributed by atoms with van der Waals surface area (Å²) < 4.78 is 11.1. The largest absolute Gasteiger partial charge is 0.496 e. The minimum Gasteiger partial charge on any atom is -0.496 e. The summed E-state index contributed by atoms with van der Waals surface area (Å²) in [6, 6.07) is 5.84. The van der Waals surface area contributed by atoms with Gasteiger partial charge in [0.05, 0.1) is 26.1 Å². The maximum absolute atomic E-state index is 13.6. The molecular formula is C27H36N2O5S. The number of ether oxygens (including phenoxy) is 2. The zero-order valence-corrected chi connectivity index (χ0v) is 21.8. The number of fused-ring (bicyclic) bond motifs is 3. The number of amides is 2. The molecule has 8 heteroatoms. The molecule has 4 aliphatic rings. The molecule has 3 saturated heterocycles. The van der Waals surface area contributed by atoms with Crippen molar-refractivity contribution in [3.63, 3.8) is 0 Å². The van der Waals surface area contributed by atoms with E-state index >= 15 is 0 Å². The van der Waals surface area contributed by atoms with Crippen LogP contribution in [0.1, 0.15) is 69.9 Å². The summed E-state index contributed by atoms with van der Waals surface area (Å²) in [6.45, 7) is 2.78. The third-order valence-electron chi connectivity index (χ3n) is 8.58. The lowest BCUT2D eigenvalue weighted by atomic mass is 9.75. The van der Waals surface area contributed by atoms with Crippen LogP contribution in [0.5, 0.6) is 5.75 Å². The molecule has 1 aliphatic carbocycles. The molecule has 5 rings (SSSR count). The van der Waals surface area contributed by atoms with Gasteiger partial charge >= 0.3 is 5.97 Å². The van der Waals surface area contributed by atoms with E-state index < -0.39 is 23.3 Å². The van der Waals surface area contributed by atoms with Crippen LogP contribution in [0.15, 0.2) is 23.1 Å². The van der Waals surface area contributed by atoms with Crippen LogP contribution in [0, 0.1) is 11.8 Å². The Morgan fingerprint density at radius 1 is 1.09 bits per heavy atom. The molecule has 4 fully saturated rings. The van der Waals surface area contributed by atoms with Gasteiger partial charge in [-0.2, -0.15) is 0 Å². The van der Waals surface area contributed by atoms with Crippen molar-refractivity contribution in [1.29, 1.82) is 0 Å². The molecule has 2 amide bonds. The van der Waals surface area contributed by atoms with Crippen LogP contribution in [0.25, 0.3) is 0 Å². The Bertz CT molecular complexity index is 1010. The highest BCUT2D eigenvalue weighted by molar-refractivity contribution is 8.00. The van der Waals surface area contributed by atoms with Gasteiger partial charge < -0.3 is 9.47 Å². The number of nitrogens with zero attached hydrogens (tertiary/aromatic N) is 2. The average Bonchev–Trinajstić information content (AvgIpc) is 3.34. The fourth-order valence-electron chi connectivity index (χ4n) is 7.06. The van der Waals surface area contributed by atoms with E-state index in [9.17, 15) is 14.4 Å². The van der Waals surface area contributed by atoms with E-state index in [1.54, 1.807) is 7.11 Å². The van der Waals surface area contributed by atoms with Crippen molar-refractivity contribution in [3.05, 3.63) is 23.8 Å². The van der Waals surface area contributed by atoms with E-state index in [-0.39, 0.29) is 17.9 Å². The quantitative estimate of drug-likeness (QED) is 0.428. The lowest BCUT2D eigenvalue weighted by Gasteiger charge is -2.44. The molecule has 4 atom stereocenters. The van der Waals surface area contributed by atoms with E-state index in [4.69, 9.17) is 9.47 Å². The third-order valence-corrected chi connectivity index (χ3v) is 9.98. The first-order valence-electron chi connectivity index (χ1n) is 13.0. The summed E-state index contributed by atoms with van der Waals surface area (Å²) in [7, 11) is 3.07. The summed E-state index contributed by atoms with van der Waals surface area (Å²) in [5.74, 6) is -1.32. The summed E-state index contributed by atoms with van der Waals surface area (Å²) in [5.41, 5.74) is -0.168. The second-order valence-electron chi connectivity index (χ2n) is 10.2. The third kappa shape index (κ3) is 3.79. The first-order chi connectivity index (χ1) is 17.0. The van der Waals surface area contributed by atoms with Gasteiger partial charge in [-0.15, -0.1) is 11.8 Å². The van der Waals surface area contributed by atoms with Crippen molar-refractivity contribution in [2.75, 3.05) is 27.3 Å². The van der Waals surface area contributed by atoms with Gasteiger partial charge in [0, 0.05) is 22.7 Å². The van der Waals surface area contributed by atoms with Crippen molar-refractivity contribution in [2.24, 2.45) is 11.8 Å². The Morgan fingerprint density at radius 3 is 2.54 bits per heavy atom. The molecule has 1 aromatic carbocycles. The fourth-order valence-corrected chi connectivity index (χ4v) is 8.39. The number of esters is 1. The molecule has 1 saturated carbocycles. The van der Waals surface area contributed by atoms with Crippen LogP contribution in [0.2, 0.25) is 0 Å². The topological polar surface area (TPSA) is 76.2 Å². The van der Waals surface area contributed by atoms with Crippen LogP contribution in [-0.4, -0.2) is 65.7 Å².